The molecule has 2 N–H and O–H groups in total. The van der Waals surface area contributed by atoms with E-state index >= 15 is 0 Å². The van der Waals surface area contributed by atoms with Crippen molar-refractivity contribution in [3.63, 3.8) is 0 Å². The van der Waals surface area contributed by atoms with Gasteiger partial charge in [-0.15, -0.1) is 0 Å². The fraction of sp³-hybridized carbons (Fsp3) is 0.879. The van der Waals surface area contributed by atoms with Gasteiger partial charge in [0, 0.05) is 19.3 Å². The van der Waals surface area contributed by atoms with Crippen LogP contribution in [0.15, 0.2) is 0 Å². The molecule has 0 aliphatic heterocycles. The van der Waals surface area contributed by atoms with Crippen LogP contribution in [0.5, 0.6) is 0 Å². The lowest BCUT2D eigenvalue weighted by molar-refractivity contribution is -0.159. The van der Waals surface area contributed by atoms with Gasteiger partial charge in [-0.05, 0) is 60.8 Å². The topological polar surface area (TPSA) is 119 Å². The quantitative estimate of drug-likeness (QED) is 0.0871. The summed E-state index contributed by atoms with van der Waals surface area (Å²) in [5, 5.41) is 11.6. The third-order valence-corrected chi connectivity index (χ3v) is 6.63. The van der Waals surface area contributed by atoms with Crippen molar-refractivity contribution in [1.29, 1.82) is 0 Å². The summed E-state index contributed by atoms with van der Waals surface area (Å²) in [6.07, 6.45) is 19.5. The van der Waals surface area contributed by atoms with Crippen LogP contribution >= 0.6 is 0 Å². The number of nitrogens with one attached hydrogen (secondary N) is 1. The van der Waals surface area contributed by atoms with Gasteiger partial charge in [-0.2, -0.15) is 0 Å². The van der Waals surface area contributed by atoms with Crippen LogP contribution in [0.2, 0.25) is 0 Å². The number of ether oxygens (including phenoxy) is 2. The van der Waals surface area contributed by atoms with Crippen LogP contribution in [0.3, 0.4) is 0 Å². The van der Waals surface area contributed by atoms with E-state index in [-0.39, 0.29) is 30.3 Å². The first kappa shape index (κ1) is 38.9. The molecule has 0 aromatic carbocycles. The summed E-state index contributed by atoms with van der Waals surface area (Å²) in [5.41, 5.74) is -1.08. The van der Waals surface area contributed by atoms with E-state index < -0.39 is 23.6 Å². The molecule has 0 heterocycles. The predicted molar refractivity (Wildman–Crippen MR) is 164 cm³/mol. The number of carboxylic acid groups (broad SMARTS) is 1. The van der Waals surface area contributed by atoms with Crippen LogP contribution < -0.4 is 5.32 Å². The van der Waals surface area contributed by atoms with Gasteiger partial charge >= 0.3 is 17.9 Å². The number of unbranched alkanes of at least 4 members (excludes halogenated alkanes) is 15. The predicted octanol–water partition coefficient (Wildman–Crippen LogP) is 8.04. The van der Waals surface area contributed by atoms with Crippen LogP contribution in [0.4, 0.5) is 0 Å². The van der Waals surface area contributed by atoms with Crippen LogP contribution in [0, 0.1) is 0 Å². The molecule has 0 saturated heterocycles. The molecule has 0 spiro atoms. The summed E-state index contributed by atoms with van der Waals surface area (Å²) in [4.78, 5) is 47.3. The summed E-state index contributed by atoms with van der Waals surface area (Å²) in [6, 6.07) is -0.930. The van der Waals surface area contributed by atoms with Gasteiger partial charge in [0.2, 0.25) is 5.91 Å². The Hall–Kier alpha value is -2.12. The molecule has 0 rings (SSSR count). The van der Waals surface area contributed by atoms with E-state index in [1.54, 1.807) is 20.8 Å². The lowest BCUT2D eigenvalue weighted by atomic mass is 10.0. The monoisotopic (exact) mass is 583 g/mol. The number of carbonyl (C=O) groups is 4. The van der Waals surface area contributed by atoms with Crippen molar-refractivity contribution in [2.75, 3.05) is 0 Å². The van der Waals surface area contributed by atoms with Crippen LogP contribution in [-0.2, 0) is 28.7 Å². The number of aliphatic carboxylic acids is 1. The minimum absolute atomic E-state index is 0.0225. The second-order valence-electron chi connectivity index (χ2n) is 13.3. The average molecular weight is 584 g/mol. The molecule has 0 saturated carbocycles. The van der Waals surface area contributed by atoms with Gasteiger partial charge in [0.05, 0.1) is 0 Å². The molecule has 8 heteroatoms. The number of rotatable bonds is 24. The normalized spacial score (nSPS) is 12.5. The van der Waals surface area contributed by atoms with Crippen molar-refractivity contribution >= 4 is 23.8 Å². The molecule has 41 heavy (non-hydrogen) atoms. The van der Waals surface area contributed by atoms with E-state index in [0.717, 1.165) is 32.1 Å². The number of amides is 1. The van der Waals surface area contributed by atoms with Gasteiger partial charge in [0.15, 0.2) is 0 Å². The van der Waals surface area contributed by atoms with Gasteiger partial charge in [-0.25, -0.2) is 4.79 Å². The summed E-state index contributed by atoms with van der Waals surface area (Å²) < 4.78 is 10.7. The molecule has 0 aliphatic carbocycles. The fourth-order valence-electron chi connectivity index (χ4n) is 4.58. The van der Waals surface area contributed by atoms with Gasteiger partial charge in [-0.1, -0.05) is 89.9 Å². The SMILES string of the molecule is CC(C)(C)OC(=O)CCCCCCCCCCCCCCCCCCC(=O)N[C@@H](CCC(=O)O)C(=O)OC(C)(C)C. The minimum Gasteiger partial charge on any atom is -0.481 e. The smallest absolute Gasteiger partial charge is 0.329 e. The molecule has 0 aromatic heterocycles. The second-order valence-corrected chi connectivity index (χ2v) is 13.3. The van der Waals surface area contributed by atoms with Crippen LogP contribution in [-0.4, -0.2) is 46.2 Å². The van der Waals surface area contributed by atoms with Gasteiger partial charge in [0.25, 0.3) is 0 Å². The number of hydrogen-bond acceptors (Lipinski definition) is 6. The summed E-state index contributed by atoms with van der Waals surface area (Å²) in [7, 11) is 0. The van der Waals surface area contributed by atoms with E-state index in [9.17, 15) is 19.2 Å². The van der Waals surface area contributed by atoms with Crippen LogP contribution in [0.1, 0.15) is 170 Å². The number of carboxylic acids is 1. The zero-order valence-electron chi connectivity index (χ0n) is 27.1. The maximum absolute atomic E-state index is 12.3. The molecular weight excluding hydrogens is 522 g/mol. The molecule has 8 nitrogen and oxygen atoms in total. The Balaban J connectivity index is 3.64. The Morgan fingerprint density at radius 3 is 1.29 bits per heavy atom. The van der Waals surface area contributed by atoms with E-state index in [1.807, 2.05) is 20.8 Å². The highest BCUT2D eigenvalue weighted by atomic mass is 16.6. The lowest BCUT2D eigenvalue weighted by Crippen LogP contribution is -2.44. The van der Waals surface area contributed by atoms with Crippen molar-refractivity contribution in [3.05, 3.63) is 0 Å². The summed E-state index contributed by atoms with van der Waals surface area (Å²) in [6.45, 7) is 10.9. The number of carbonyl (C=O) groups excluding carboxylic acids is 3. The van der Waals surface area contributed by atoms with Crippen molar-refractivity contribution in [2.45, 2.75) is 187 Å². The molecule has 1 amide bonds. The first-order valence-corrected chi connectivity index (χ1v) is 16.2. The highest BCUT2D eigenvalue weighted by Crippen LogP contribution is 2.16. The Morgan fingerprint density at radius 1 is 0.561 bits per heavy atom. The molecule has 1 atom stereocenters. The summed E-state index contributed by atoms with van der Waals surface area (Å²) in [5.74, 6) is -1.91. The molecule has 0 fully saturated rings. The zero-order chi connectivity index (χ0) is 31.2. The maximum atomic E-state index is 12.3. The van der Waals surface area contributed by atoms with Crippen molar-refractivity contribution < 1.29 is 33.8 Å². The van der Waals surface area contributed by atoms with Gasteiger partial charge in [0.1, 0.15) is 17.2 Å². The van der Waals surface area contributed by atoms with E-state index in [2.05, 4.69) is 5.32 Å². The third kappa shape index (κ3) is 27.8. The maximum Gasteiger partial charge on any atom is 0.329 e. The van der Waals surface area contributed by atoms with Gasteiger partial charge in [-0.3, -0.25) is 14.4 Å². The Bertz CT molecular complexity index is 737. The van der Waals surface area contributed by atoms with Crippen molar-refractivity contribution in [3.8, 4) is 0 Å². The Kier molecular flexibility index (Phi) is 21.3. The third-order valence-electron chi connectivity index (χ3n) is 6.63. The molecular formula is C33H61NO7. The van der Waals surface area contributed by atoms with Gasteiger partial charge < -0.3 is 19.9 Å². The first-order chi connectivity index (χ1) is 19.2. The van der Waals surface area contributed by atoms with E-state index in [0.29, 0.717) is 12.8 Å². The molecule has 0 unspecified atom stereocenters. The highest BCUT2D eigenvalue weighted by molar-refractivity contribution is 5.85. The second kappa shape index (κ2) is 22.5. The van der Waals surface area contributed by atoms with Crippen molar-refractivity contribution in [1.82, 2.24) is 5.32 Å². The number of hydrogen-bond donors (Lipinski definition) is 2. The van der Waals surface area contributed by atoms with E-state index in [4.69, 9.17) is 14.6 Å². The van der Waals surface area contributed by atoms with E-state index in [1.165, 1.54) is 70.6 Å². The molecule has 0 aliphatic rings. The molecule has 0 bridgehead atoms. The first-order valence-electron chi connectivity index (χ1n) is 16.2. The standard InChI is InChI=1S/C33H61NO7/c1-32(2,3)40-30(38)24-22-20-18-16-14-12-10-8-7-9-11-13-15-17-19-21-23-28(35)34-27(25-26-29(36)37)31(39)41-33(4,5)6/h27H,7-26H2,1-6H3,(H,34,35)(H,36,37)/t27-/m0/s1. The summed E-state index contributed by atoms with van der Waals surface area (Å²) >= 11 is 0. The van der Waals surface area contributed by atoms with Crippen molar-refractivity contribution in [2.24, 2.45) is 0 Å². The largest absolute Gasteiger partial charge is 0.481 e. The Labute approximate surface area is 250 Å². The molecule has 240 valence electrons. The zero-order valence-corrected chi connectivity index (χ0v) is 27.1. The molecule has 0 aromatic rings. The number of esters is 2. The highest BCUT2D eigenvalue weighted by Gasteiger charge is 2.27. The Morgan fingerprint density at radius 2 is 0.927 bits per heavy atom. The fourth-order valence-corrected chi connectivity index (χ4v) is 4.58. The lowest BCUT2D eigenvalue weighted by Gasteiger charge is -2.24. The van der Waals surface area contributed by atoms with Crippen LogP contribution in [0.25, 0.3) is 0 Å². The minimum atomic E-state index is -1.01. The average Bonchev–Trinajstić information content (AvgIpc) is 2.83. The molecule has 0 radical (unpaired) electrons.